The van der Waals surface area contributed by atoms with E-state index in [0.29, 0.717) is 16.9 Å². The molecule has 0 saturated heterocycles. The first kappa shape index (κ1) is 16.3. The molecule has 0 unspecified atom stereocenters. The van der Waals surface area contributed by atoms with Gasteiger partial charge in [-0.3, -0.25) is 9.59 Å². The lowest BCUT2D eigenvalue weighted by Crippen LogP contribution is -2.22. The monoisotopic (exact) mass is 336 g/mol. The molecule has 0 bridgehead atoms. The molecule has 0 aliphatic rings. The van der Waals surface area contributed by atoms with Gasteiger partial charge in [0.25, 0.3) is 5.91 Å². The second-order valence-corrected chi connectivity index (χ2v) is 5.42. The summed E-state index contributed by atoms with van der Waals surface area (Å²) in [7, 11) is 0. The third kappa shape index (κ3) is 4.25. The number of tetrazole rings is 1. The number of nitrogens with one attached hydrogen (secondary N) is 2. The van der Waals surface area contributed by atoms with Crippen molar-refractivity contribution in [2.24, 2.45) is 0 Å². The lowest BCUT2D eigenvalue weighted by Gasteiger charge is -2.11. The molecule has 1 heterocycles. The molecule has 8 heteroatoms. The van der Waals surface area contributed by atoms with E-state index >= 15 is 0 Å². The van der Waals surface area contributed by atoms with Crippen molar-refractivity contribution in [3.8, 4) is 0 Å². The van der Waals surface area contributed by atoms with Crippen molar-refractivity contribution in [2.45, 2.75) is 13.5 Å². The van der Waals surface area contributed by atoms with Gasteiger partial charge in [-0.15, -0.1) is 5.10 Å². The van der Waals surface area contributed by atoms with Crippen LogP contribution in [0.5, 0.6) is 0 Å². The first-order valence-electron chi connectivity index (χ1n) is 7.59. The topological polar surface area (TPSA) is 102 Å². The molecule has 0 fully saturated rings. The molecule has 0 radical (unpaired) electrons. The zero-order chi connectivity index (χ0) is 17.6. The molecule has 0 aliphatic heterocycles. The van der Waals surface area contributed by atoms with Gasteiger partial charge in [0, 0.05) is 5.69 Å². The SMILES string of the molecule is Cc1cccc(NC(=O)c2ccccc2NC(=O)Cn2cnnn2)c1. The van der Waals surface area contributed by atoms with E-state index in [-0.39, 0.29) is 18.4 Å². The van der Waals surface area contributed by atoms with E-state index < -0.39 is 0 Å². The molecule has 2 amide bonds. The predicted molar refractivity (Wildman–Crippen MR) is 92.0 cm³/mol. The van der Waals surface area contributed by atoms with Gasteiger partial charge in [-0.25, -0.2) is 4.68 Å². The quantitative estimate of drug-likeness (QED) is 0.740. The first-order chi connectivity index (χ1) is 12.1. The fourth-order valence-corrected chi connectivity index (χ4v) is 2.30. The molecule has 0 aliphatic carbocycles. The van der Waals surface area contributed by atoms with Gasteiger partial charge >= 0.3 is 0 Å². The highest BCUT2D eigenvalue weighted by Gasteiger charge is 2.14. The first-order valence-corrected chi connectivity index (χ1v) is 7.59. The van der Waals surface area contributed by atoms with Gasteiger partial charge in [0.2, 0.25) is 5.91 Å². The number of carbonyl (C=O) groups excluding carboxylic acids is 2. The number of benzene rings is 2. The Morgan fingerprint density at radius 3 is 2.68 bits per heavy atom. The van der Waals surface area contributed by atoms with E-state index in [0.717, 1.165) is 5.56 Å². The van der Waals surface area contributed by atoms with E-state index in [2.05, 4.69) is 26.2 Å². The molecule has 3 rings (SSSR count). The van der Waals surface area contributed by atoms with Gasteiger partial charge in [-0.05, 0) is 47.2 Å². The van der Waals surface area contributed by atoms with Gasteiger partial charge < -0.3 is 10.6 Å². The minimum absolute atomic E-state index is 0.0408. The molecular weight excluding hydrogens is 320 g/mol. The minimum Gasteiger partial charge on any atom is -0.324 e. The van der Waals surface area contributed by atoms with E-state index in [9.17, 15) is 9.59 Å². The van der Waals surface area contributed by atoms with Crippen LogP contribution < -0.4 is 10.6 Å². The van der Waals surface area contributed by atoms with Crippen molar-refractivity contribution >= 4 is 23.2 Å². The van der Waals surface area contributed by atoms with E-state index in [1.807, 2.05) is 31.2 Å². The average Bonchev–Trinajstić information content (AvgIpc) is 3.08. The van der Waals surface area contributed by atoms with Crippen LogP contribution in [0.3, 0.4) is 0 Å². The summed E-state index contributed by atoms with van der Waals surface area (Å²) in [4.78, 5) is 24.6. The van der Waals surface area contributed by atoms with Crippen LogP contribution in [0.2, 0.25) is 0 Å². The number of rotatable bonds is 5. The molecule has 3 aromatic rings. The highest BCUT2D eigenvalue weighted by atomic mass is 16.2. The Morgan fingerprint density at radius 1 is 1.08 bits per heavy atom. The summed E-state index contributed by atoms with van der Waals surface area (Å²) in [5.74, 6) is -0.632. The summed E-state index contributed by atoms with van der Waals surface area (Å²) in [5, 5.41) is 16.1. The van der Waals surface area contributed by atoms with Gasteiger partial charge in [-0.1, -0.05) is 24.3 Å². The van der Waals surface area contributed by atoms with Crippen LogP contribution in [-0.4, -0.2) is 32.0 Å². The van der Waals surface area contributed by atoms with Gasteiger partial charge in [0.1, 0.15) is 12.9 Å². The fraction of sp³-hybridized carbons (Fsp3) is 0.118. The van der Waals surface area contributed by atoms with Crippen LogP contribution in [0.1, 0.15) is 15.9 Å². The summed E-state index contributed by atoms with van der Waals surface area (Å²) in [6, 6.07) is 14.3. The number of nitrogens with zero attached hydrogens (tertiary/aromatic N) is 4. The Labute approximate surface area is 143 Å². The van der Waals surface area contributed by atoms with Gasteiger partial charge in [0.05, 0.1) is 11.3 Å². The average molecular weight is 336 g/mol. The van der Waals surface area contributed by atoms with Crippen LogP contribution in [0.4, 0.5) is 11.4 Å². The normalized spacial score (nSPS) is 10.3. The Balaban J connectivity index is 1.73. The molecule has 126 valence electrons. The third-order valence-corrected chi connectivity index (χ3v) is 3.42. The van der Waals surface area contributed by atoms with Crippen LogP contribution in [0, 0.1) is 6.92 Å². The molecule has 2 aromatic carbocycles. The van der Waals surface area contributed by atoms with E-state index in [1.54, 1.807) is 24.3 Å². The largest absolute Gasteiger partial charge is 0.324 e. The Kier molecular flexibility index (Phi) is 4.79. The highest BCUT2D eigenvalue weighted by Crippen LogP contribution is 2.18. The van der Waals surface area contributed by atoms with Crippen LogP contribution in [-0.2, 0) is 11.3 Å². The molecule has 0 atom stereocenters. The van der Waals surface area contributed by atoms with Crippen LogP contribution in [0.25, 0.3) is 0 Å². The number of anilines is 2. The zero-order valence-corrected chi connectivity index (χ0v) is 13.5. The Morgan fingerprint density at radius 2 is 1.92 bits per heavy atom. The van der Waals surface area contributed by atoms with Crippen molar-refractivity contribution in [1.29, 1.82) is 0 Å². The fourth-order valence-electron chi connectivity index (χ4n) is 2.30. The van der Waals surface area contributed by atoms with Crippen LogP contribution >= 0.6 is 0 Å². The molecule has 0 saturated carbocycles. The molecule has 0 spiro atoms. The number of hydrogen-bond donors (Lipinski definition) is 2. The minimum atomic E-state index is -0.330. The van der Waals surface area contributed by atoms with Gasteiger partial charge in [-0.2, -0.15) is 0 Å². The van der Waals surface area contributed by atoms with E-state index in [1.165, 1.54) is 11.0 Å². The number of aryl methyl sites for hydroxylation is 1. The zero-order valence-electron chi connectivity index (χ0n) is 13.5. The maximum absolute atomic E-state index is 12.5. The number of hydrogen-bond acceptors (Lipinski definition) is 5. The summed E-state index contributed by atoms with van der Waals surface area (Å²) >= 11 is 0. The lowest BCUT2D eigenvalue weighted by atomic mass is 10.1. The maximum atomic E-state index is 12.5. The lowest BCUT2D eigenvalue weighted by molar-refractivity contribution is -0.116. The predicted octanol–water partition coefficient (Wildman–Crippen LogP) is 1.87. The second-order valence-electron chi connectivity index (χ2n) is 5.42. The highest BCUT2D eigenvalue weighted by molar-refractivity contribution is 6.10. The number of amides is 2. The van der Waals surface area contributed by atoms with Crippen molar-refractivity contribution < 1.29 is 9.59 Å². The second kappa shape index (κ2) is 7.35. The molecule has 2 N–H and O–H groups in total. The molecule has 1 aromatic heterocycles. The van der Waals surface area contributed by atoms with Gasteiger partial charge in [0.15, 0.2) is 0 Å². The van der Waals surface area contributed by atoms with Crippen LogP contribution in [0.15, 0.2) is 54.9 Å². The van der Waals surface area contributed by atoms with Crippen molar-refractivity contribution in [1.82, 2.24) is 20.2 Å². The Hall–Kier alpha value is -3.55. The molecular formula is C17H16N6O2. The van der Waals surface area contributed by atoms with Crippen molar-refractivity contribution in [2.75, 3.05) is 10.6 Å². The summed E-state index contributed by atoms with van der Waals surface area (Å²) in [5.41, 5.74) is 2.53. The summed E-state index contributed by atoms with van der Waals surface area (Å²) in [6.45, 7) is 1.91. The number of carbonyl (C=O) groups is 2. The summed E-state index contributed by atoms with van der Waals surface area (Å²) < 4.78 is 1.30. The third-order valence-electron chi connectivity index (χ3n) is 3.42. The van der Waals surface area contributed by atoms with E-state index in [4.69, 9.17) is 0 Å². The maximum Gasteiger partial charge on any atom is 0.257 e. The Bertz CT molecular complexity index is 892. The molecule has 25 heavy (non-hydrogen) atoms. The number of para-hydroxylation sites is 1. The smallest absolute Gasteiger partial charge is 0.257 e. The number of aromatic nitrogens is 4. The van der Waals surface area contributed by atoms with Crippen molar-refractivity contribution in [3.05, 3.63) is 66.0 Å². The van der Waals surface area contributed by atoms with Crippen molar-refractivity contribution in [3.63, 3.8) is 0 Å². The standard InChI is InChI=1S/C17H16N6O2/c1-12-5-4-6-13(9-12)19-17(25)14-7-2-3-8-15(14)20-16(24)10-23-11-18-21-22-23/h2-9,11H,10H2,1H3,(H,19,25)(H,20,24). The molecule has 8 nitrogen and oxygen atoms in total. The summed E-state index contributed by atoms with van der Waals surface area (Å²) in [6.07, 6.45) is 1.34.